The van der Waals surface area contributed by atoms with Gasteiger partial charge < -0.3 is 14.9 Å². The Morgan fingerprint density at radius 1 is 1.41 bits per heavy atom. The van der Waals surface area contributed by atoms with Crippen LogP contribution < -0.4 is 4.74 Å². The minimum Gasteiger partial charge on any atom is -0.504 e. The van der Waals surface area contributed by atoms with Gasteiger partial charge in [0.1, 0.15) is 0 Å². The lowest BCUT2D eigenvalue weighted by atomic mass is 9.84. The first-order chi connectivity index (χ1) is 7.79. The largest absolute Gasteiger partial charge is 0.504 e. The first-order valence-corrected chi connectivity index (χ1v) is 5.38. The number of carboxylic acid groups (broad SMARTS) is 1. The third-order valence-corrected chi connectivity index (χ3v) is 2.90. The standard InChI is InChI=1S/C13H18O4/c1-8-5-6-10(17-4)11(14)9(8)7-13(2,3)12(15)16/h5-6,14H,7H2,1-4H3,(H,15,16). The maximum atomic E-state index is 11.1. The van der Waals surface area contributed by atoms with Crippen molar-refractivity contribution in [2.45, 2.75) is 27.2 Å². The number of aliphatic carboxylic acids is 1. The quantitative estimate of drug-likeness (QED) is 0.845. The Morgan fingerprint density at radius 3 is 2.47 bits per heavy atom. The molecule has 0 bridgehead atoms. The second-order valence-electron chi connectivity index (χ2n) is 4.78. The number of phenols is 1. The van der Waals surface area contributed by atoms with Crippen molar-refractivity contribution in [3.63, 3.8) is 0 Å². The summed E-state index contributed by atoms with van der Waals surface area (Å²) < 4.78 is 5.02. The Labute approximate surface area is 101 Å². The zero-order valence-corrected chi connectivity index (χ0v) is 10.6. The zero-order valence-electron chi connectivity index (χ0n) is 10.6. The summed E-state index contributed by atoms with van der Waals surface area (Å²) in [5.41, 5.74) is 0.559. The Bertz CT molecular complexity index is 435. The summed E-state index contributed by atoms with van der Waals surface area (Å²) in [7, 11) is 1.47. The molecule has 0 saturated heterocycles. The van der Waals surface area contributed by atoms with Crippen LogP contribution in [-0.4, -0.2) is 23.3 Å². The molecular weight excluding hydrogens is 220 g/mol. The van der Waals surface area contributed by atoms with Crippen LogP contribution in [0.3, 0.4) is 0 Å². The van der Waals surface area contributed by atoms with Gasteiger partial charge in [0, 0.05) is 5.56 Å². The summed E-state index contributed by atoms with van der Waals surface area (Å²) in [5.74, 6) is -0.493. The Balaban J connectivity index is 3.18. The van der Waals surface area contributed by atoms with E-state index in [1.54, 1.807) is 19.9 Å². The fraction of sp³-hybridized carbons (Fsp3) is 0.462. The first kappa shape index (κ1) is 13.4. The molecule has 0 radical (unpaired) electrons. The molecule has 0 fully saturated rings. The van der Waals surface area contributed by atoms with Gasteiger partial charge in [0.15, 0.2) is 11.5 Å². The van der Waals surface area contributed by atoms with Gasteiger partial charge in [-0.05, 0) is 38.8 Å². The van der Waals surface area contributed by atoms with E-state index >= 15 is 0 Å². The van der Waals surface area contributed by atoms with E-state index in [9.17, 15) is 9.90 Å². The van der Waals surface area contributed by atoms with Gasteiger partial charge in [-0.1, -0.05) is 6.07 Å². The molecule has 4 heteroatoms. The molecule has 17 heavy (non-hydrogen) atoms. The highest BCUT2D eigenvalue weighted by atomic mass is 16.5. The number of hydrogen-bond donors (Lipinski definition) is 2. The van der Waals surface area contributed by atoms with Crippen LogP contribution in [0.5, 0.6) is 11.5 Å². The number of hydrogen-bond acceptors (Lipinski definition) is 3. The summed E-state index contributed by atoms with van der Waals surface area (Å²) in [6.45, 7) is 5.10. The summed E-state index contributed by atoms with van der Waals surface area (Å²) in [5, 5.41) is 19.1. The van der Waals surface area contributed by atoms with E-state index < -0.39 is 11.4 Å². The van der Waals surface area contributed by atoms with Crippen LogP contribution in [-0.2, 0) is 11.2 Å². The van der Waals surface area contributed by atoms with Crippen molar-refractivity contribution in [1.29, 1.82) is 0 Å². The molecule has 0 unspecified atom stereocenters. The van der Waals surface area contributed by atoms with Gasteiger partial charge in [0.05, 0.1) is 12.5 Å². The lowest BCUT2D eigenvalue weighted by Crippen LogP contribution is -2.26. The molecule has 94 valence electrons. The molecule has 0 heterocycles. The Hall–Kier alpha value is -1.71. The predicted octanol–water partition coefficient (Wildman–Crippen LogP) is 2.36. The molecule has 0 atom stereocenters. The molecule has 1 rings (SSSR count). The fourth-order valence-electron chi connectivity index (χ4n) is 1.62. The number of ether oxygens (including phenoxy) is 1. The molecule has 0 saturated carbocycles. The van der Waals surface area contributed by atoms with E-state index in [-0.39, 0.29) is 12.2 Å². The van der Waals surface area contributed by atoms with E-state index in [1.165, 1.54) is 7.11 Å². The summed E-state index contributed by atoms with van der Waals surface area (Å²) in [6.07, 6.45) is 0.261. The molecular formula is C13H18O4. The number of aryl methyl sites for hydroxylation is 1. The Morgan fingerprint density at radius 2 is 2.00 bits per heavy atom. The van der Waals surface area contributed by atoms with Gasteiger partial charge in [0.2, 0.25) is 0 Å². The molecule has 0 aliphatic carbocycles. The molecule has 1 aromatic carbocycles. The number of carbonyl (C=O) groups is 1. The minimum absolute atomic E-state index is 0.0295. The topological polar surface area (TPSA) is 66.8 Å². The highest BCUT2D eigenvalue weighted by Gasteiger charge is 2.29. The third kappa shape index (κ3) is 2.70. The van der Waals surface area contributed by atoms with Crippen molar-refractivity contribution in [2.24, 2.45) is 5.41 Å². The maximum absolute atomic E-state index is 11.1. The number of carboxylic acids is 1. The predicted molar refractivity (Wildman–Crippen MR) is 64.5 cm³/mol. The van der Waals surface area contributed by atoms with Crippen LogP contribution in [0.2, 0.25) is 0 Å². The monoisotopic (exact) mass is 238 g/mol. The number of phenolic OH excluding ortho intramolecular Hbond substituents is 1. The molecule has 0 aliphatic heterocycles. The second kappa shape index (κ2) is 4.65. The minimum atomic E-state index is -0.922. The van der Waals surface area contributed by atoms with E-state index in [4.69, 9.17) is 9.84 Å². The normalized spacial score (nSPS) is 11.3. The summed E-state index contributed by atoms with van der Waals surface area (Å²) in [4.78, 5) is 11.1. The van der Waals surface area contributed by atoms with Crippen LogP contribution in [0.25, 0.3) is 0 Å². The average Bonchev–Trinajstić information content (AvgIpc) is 2.24. The zero-order chi connectivity index (χ0) is 13.2. The lowest BCUT2D eigenvalue weighted by Gasteiger charge is -2.21. The Kier molecular flexibility index (Phi) is 3.66. The van der Waals surface area contributed by atoms with Crippen LogP contribution in [0.15, 0.2) is 12.1 Å². The summed E-state index contributed by atoms with van der Waals surface area (Å²) in [6, 6.07) is 3.48. The van der Waals surface area contributed by atoms with E-state index in [0.717, 1.165) is 5.56 Å². The number of benzene rings is 1. The molecule has 0 aliphatic rings. The second-order valence-corrected chi connectivity index (χ2v) is 4.78. The number of rotatable bonds is 4. The van der Waals surface area contributed by atoms with Gasteiger partial charge in [-0.15, -0.1) is 0 Å². The smallest absolute Gasteiger partial charge is 0.309 e. The lowest BCUT2D eigenvalue weighted by molar-refractivity contribution is -0.146. The average molecular weight is 238 g/mol. The highest BCUT2D eigenvalue weighted by Crippen LogP contribution is 2.36. The van der Waals surface area contributed by atoms with Gasteiger partial charge in [-0.25, -0.2) is 0 Å². The van der Waals surface area contributed by atoms with Crippen molar-refractivity contribution in [3.8, 4) is 11.5 Å². The van der Waals surface area contributed by atoms with Gasteiger partial charge in [-0.2, -0.15) is 0 Å². The molecule has 2 N–H and O–H groups in total. The van der Waals surface area contributed by atoms with Crippen LogP contribution in [0.4, 0.5) is 0 Å². The van der Waals surface area contributed by atoms with Gasteiger partial charge >= 0.3 is 5.97 Å². The maximum Gasteiger partial charge on any atom is 0.309 e. The van der Waals surface area contributed by atoms with E-state index in [1.807, 2.05) is 13.0 Å². The van der Waals surface area contributed by atoms with E-state index in [0.29, 0.717) is 11.3 Å². The van der Waals surface area contributed by atoms with Crippen molar-refractivity contribution >= 4 is 5.97 Å². The highest BCUT2D eigenvalue weighted by molar-refractivity contribution is 5.74. The molecule has 1 aromatic rings. The number of methoxy groups -OCH3 is 1. The molecule has 0 aromatic heterocycles. The van der Waals surface area contributed by atoms with Crippen molar-refractivity contribution < 1.29 is 19.7 Å². The van der Waals surface area contributed by atoms with Crippen molar-refractivity contribution in [3.05, 3.63) is 23.3 Å². The van der Waals surface area contributed by atoms with Crippen LogP contribution >= 0.6 is 0 Å². The first-order valence-electron chi connectivity index (χ1n) is 5.38. The summed E-state index contributed by atoms with van der Waals surface area (Å²) >= 11 is 0. The van der Waals surface area contributed by atoms with Gasteiger partial charge in [-0.3, -0.25) is 4.79 Å². The molecule has 0 spiro atoms. The SMILES string of the molecule is COc1ccc(C)c(CC(C)(C)C(=O)O)c1O. The van der Waals surface area contributed by atoms with E-state index in [2.05, 4.69) is 0 Å². The van der Waals surface area contributed by atoms with Gasteiger partial charge in [0.25, 0.3) is 0 Å². The molecule has 4 nitrogen and oxygen atoms in total. The third-order valence-electron chi connectivity index (χ3n) is 2.90. The van der Waals surface area contributed by atoms with Crippen molar-refractivity contribution in [2.75, 3.05) is 7.11 Å². The number of aromatic hydroxyl groups is 1. The molecule has 0 amide bonds. The van der Waals surface area contributed by atoms with Crippen molar-refractivity contribution in [1.82, 2.24) is 0 Å². The fourth-order valence-corrected chi connectivity index (χ4v) is 1.62. The van der Waals surface area contributed by atoms with Crippen LogP contribution in [0, 0.1) is 12.3 Å². The van der Waals surface area contributed by atoms with Crippen LogP contribution in [0.1, 0.15) is 25.0 Å².